The van der Waals surface area contributed by atoms with Crippen molar-refractivity contribution in [1.82, 2.24) is 20.4 Å². The van der Waals surface area contributed by atoms with Crippen molar-refractivity contribution in [3.05, 3.63) is 12.3 Å². The van der Waals surface area contributed by atoms with E-state index in [0.29, 0.717) is 16.9 Å². The second-order valence-corrected chi connectivity index (χ2v) is 1.93. The summed E-state index contributed by atoms with van der Waals surface area (Å²) in [5, 5.41) is 10.0. The molecule has 0 radical (unpaired) electrons. The number of nitrogen functional groups attached to an aromatic ring is 1. The fourth-order valence-corrected chi connectivity index (χ4v) is 0.756. The van der Waals surface area contributed by atoms with E-state index < -0.39 is 0 Å². The minimum absolute atomic E-state index is 0.592. The summed E-state index contributed by atoms with van der Waals surface area (Å²) in [6.45, 7) is 0. The van der Waals surface area contributed by atoms with Gasteiger partial charge in [0.2, 0.25) is 5.65 Å². The third kappa shape index (κ3) is 0.604. The maximum absolute atomic E-state index is 5.44. The Morgan fingerprint density at radius 1 is 1.40 bits per heavy atom. The van der Waals surface area contributed by atoms with Gasteiger partial charge in [0.05, 0.1) is 11.9 Å². The van der Waals surface area contributed by atoms with Gasteiger partial charge in [-0.1, -0.05) is 0 Å². The van der Waals surface area contributed by atoms with Crippen LogP contribution in [-0.4, -0.2) is 20.4 Å². The van der Waals surface area contributed by atoms with Gasteiger partial charge in [-0.05, 0) is 6.07 Å². The third-order valence-corrected chi connectivity index (χ3v) is 1.19. The van der Waals surface area contributed by atoms with Gasteiger partial charge in [0.25, 0.3) is 0 Å². The first kappa shape index (κ1) is 5.16. The number of hydrogen-bond donors (Lipinski definition) is 2. The van der Waals surface area contributed by atoms with Gasteiger partial charge >= 0.3 is 0 Å². The number of anilines is 1. The predicted molar refractivity (Wildman–Crippen MR) is 36.1 cm³/mol. The fraction of sp³-hybridized carbons (Fsp3) is 0. The smallest absolute Gasteiger partial charge is 0.201 e. The van der Waals surface area contributed by atoms with Crippen LogP contribution in [0, 0.1) is 0 Å². The number of rotatable bonds is 0. The third-order valence-electron chi connectivity index (χ3n) is 1.19. The number of aromatic amines is 1. The lowest BCUT2D eigenvalue weighted by atomic mass is 10.4. The number of fused-ring (bicyclic) bond motifs is 1. The summed E-state index contributed by atoms with van der Waals surface area (Å²) in [4.78, 5) is 3.91. The maximum Gasteiger partial charge on any atom is 0.201 e. The van der Waals surface area contributed by atoms with E-state index in [1.165, 1.54) is 0 Å². The Labute approximate surface area is 56.3 Å². The number of pyridine rings is 1. The average Bonchev–Trinajstić information content (AvgIpc) is 2.33. The first-order chi connectivity index (χ1) is 4.86. The predicted octanol–water partition coefficient (Wildman–Crippen LogP) is -0.0649. The van der Waals surface area contributed by atoms with Crippen LogP contribution in [0.15, 0.2) is 12.3 Å². The number of hydrogen-bond acceptors (Lipinski definition) is 4. The van der Waals surface area contributed by atoms with Crippen molar-refractivity contribution in [2.45, 2.75) is 0 Å². The summed E-state index contributed by atoms with van der Waals surface area (Å²) < 4.78 is 0. The second-order valence-electron chi connectivity index (χ2n) is 1.93. The van der Waals surface area contributed by atoms with Crippen molar-refractivity contribution in [1.29, 1.82) is 0 Å². The van der Waals surface area contributed by atoms with Crippen molar-refractivity contribution in [2.24, 2.45) is 0 Å². The summed E-state index contributed by atoms with van der Waals surface area (Å²) >= 11 is 0. The van der Waals surface area contributed by atoms with Crippen LogP contribution in [0.3, 0.4) is 0 Å². The molecule has 0 bridgehead atoms. The average molecular weight is 135 g/mol. The molecule has 10 heavy (non-hydrogen) atoms. The Morgan fingerprint density at radius 2 is 2.30 bits per heavy atom. The maximum atomic E-state index is 5.44. The Balaban J connectivity index is 2.86. The number of nitrogens with two attached hydrogens (primary N) is 1. The highest BCUT2D eigenvalue weighted by Gasteiger charge is 1.96. The van der Waals surface area contributed by atoms with Crippen LogP contribution in [0.25, 0.3) is 11.2 Å². The fourth-order valence-electron chi connectivity index (χ4n) is 0.756. The molecule has 0 saturated carbocycles. The van der Waals surface area contributed by atoms with E-state index in [1.54, 1.807) is 12.3 Å². The molecular weight excluding hydrogens is 130 g/mol. The SMILES string of the molecule is Nc1cnc2n[nH]nc2c1. The monoisotopic (exact) mass is 135 g/mol. The van der Waals surface area contributed by atoms with E-state index in [0.717, 1.165) is 0 Å². The highest BCUT2D eigenvalue weighted by molar-refractivity contribution is 5.72. The summed E-state index contributed by atoms with van der Waals surface area (Å²) in [5.41, 5.74) is 7.32. The quantitative estimate of drug-likeness (QED) is 0.530. The molecule has 2 aromatic rings. The highest BCUT2D eigenvalue weighted by Crippen LogP contribution is 2.06. The van der Waals surface area contributed by atoms with Crippen LogP contribution in [-0.2, 0) is 0 Å². The van der Waals surface area contributed by atoms with Crippen molar-refractivity contribution in [3.63, 3.8) is 0 Å². The van der Waals surface area contributed by atoms with Crippen LogP contribution in [0.1, 0.15) is 0 Å². The first-order valence-corrected chi connectivity index (χ1v) is 2.78. The molecule has 0 unspecified atom stereocenters. The molecule has 0 aliphatic heterocycles. The van der Waals surface area contributed by atoms with Gasteiger partial charge in [0, 0.05) is 0 Å². The molecule has 0 saturated heterocycles. The Morgan fingerprint density at radius 3 is 3.20 bits per heavy atom. The van der Waals surface area contributed by atoms with Gasteiger partial charge < -0.3 is 5.73 Å². The minimum Gasteiger partial charge on any atom is -0.397 e. The van der Waals surface area contributed by atoms with E-state index in [9.17, 15) is 0 Å². The van der Waals surface area contributed by atoms with Crippen molar-refractivity contribution in [3.8, 4) is 0 Å². The molecular formula is C5H5N5. The van der Waals surface area contributed by atoms with Gasteiger partial charge in [0.1, 0.15) is 5.52 Å². The summed E-state index contributed by atoms with van der Waals surface area (Å²) in [6.07, 6.45) is 1.55. The zero-order chi connectivity index (χ0) is 6.97. The standard InChI is InChI=1S/C5H5N5/c6-3-1-4-5(7-2-3)9-10-8-4/h1-2H,6H2,(H,7,8,9,10). The molecule has 0 aliphatic rings. The molecule has 2 heterocycles. The Hall–Kier alpha value is -1.65. The van der Waals surface area contributed by atoms with Crippen LogP contribution in [0.2, 0.25) is 0 Å². The lowest BCUT2D eigenvalue weighted by Gasteiger charge is -1.86. The van der Waals surface area contributed by atoms with Crippen LogP contribution >= 0.6 is 0 Å². The topological polar surface area (TPSA) is 80.5 Å². The molecule has 0 aromatic carbocycles. The normalized spacial score (nSPS) is 10.4. The van der Waals surface area contributed by atoms with Crippen LogP contribution < -0.4 is 5.73 Å². The highest BCUT2D eigenvalue weighted by atomic mass is 15.3. The van der Waals surface area contributed by atoms with Gasteiger partial charge in [-0.25, -0.2) is 4.98 Å². The second kappa shape index (κ2) is 1.66. The number of nitrogens with zero attached hydrogens (tertiary/aromatic N) is 3. The molecule has 0 atom stereocenters. The molecule has 0 aliphatic carbocycles. The minimum atomic E-state index is 0.592. The molecule has 5 heteroatoms. The molecule has 50 valence electrons. The van der Waals surface area contributed by atoms with E-state index in [1.807, 2.05) is 0 Å². The molecule has 2 aromatic heterocycles. The van der Waals surface area contributed by atoms with E-state index in [-0.39, 0.29) is 0 Å². The van der Waals surface area contributed by atoms with Crippen LogP contribution in [0.5, 0.6) is 0 Å². The van der Waals surface area contributed by atoms with Crippen LogP contribution in [0.4, 0.5) is 5.69 Å². The zero-order valence-electron chi connectivity index (χ0n) is 5.07. The van der Waals surface area contributed by atoms with Gasteiger partial charge in [-0.2, -0.15) is 10.3 Å². The van der Waals surface area contributed by atoms with Crippen molar-refractivity contribution in [2.75, 3.05) is 5.73 Å². The van der Waals surface area contributed by atoms with E-state index in [4.69, 9.17) is 5.73 Å². The van der Waals surface area contributed by atoms with Crippen molar-refractivity contribution >= 4 is 16.9 Å². The van der Waals surface area contributed by atoms with E-state index >= 15 is 0 Å². The van der Waals surface area contributed by atoms with Gasteiger partial charge in [-0.15, -0.1) is 5.10 Å². The van der Waals surface area contributed by atoms with Gasteiger partial charge in [-0.3, -0.25) is 0 Å². The molecule has 2 rings (SSSR count). The zero-order valence-corrected chi connectivity index (χ0v) is 5.07. The Kier molecular flexibility index (Phi) is 0.858. The van der Waals surface area contributed by atoms with Gasteiger partial charge in [0.15, 0.2) is 0 Å². The molecule has 0 amide bonds. The molecule has 0 fully saturated rings. The Bertz CT molecular complexity index is 352. The lowest BCUT2D eigenvalue weighted by Crippen LogP contribution is -1.85. The summed E-state index contributed by atoms with van der Waals surface area (Å²) in [6, 6.07) is 1.71. The molecule has 3 N–H and O–H groups in total. The molecule has 5 nitrogen and oxygen atoms in total. The number of aromatic nitrogens is 4. The van der Waals surface area contributed by atoms with Crippen molar-refractivity contribution < 1.29 is 0 Å². The first-order valence-electron chi connectivity index (χ1n) is 2.78. The largest absolute Gasteiger partial charge is 0.397 e. The van der Waals surface area contributed by atoms with E-state index in [2.05, 4.69) is 20.4 Å². The summed E-state index contributed by atoms with van der Waals surface area (Å²) in [7, 11) is 0. The lowest BCUT2D eigenvalue weighted by molar-refractivity contribution is 0.954. The number of nitrogens with one attached hydrogen (secondary N) is 1. The number of H-pyrrole nitrogens is 1. The summed E-state index contributed by atoms with van der Waals surface area (Å²) in [5.74, 6) is 0. The molecule has 0 spiro atoms.